The molecular formula is C19H22N4O3. The van der Waals surface area contributed by atoms with Crippen molar-refractivity contribution in [1.29, 1.82) is 0 Å². The standard InChI is InChI=1S/C19H22N4O3/c1-3-21-19(26)14-5-4-6-16(11-14)23-17(24)12-22-15-9-7-13(8-10-15)18(25)20-2/h4-11,22H,3,12H2,1-2H3,(H,20,25)(H,21,26)(H,23,24). The van der Waals surface area contributed by atoms with Crippen LogP contribution in [0.25, 0.3) is 0 Å². The fraction of sp³-hybridized carbons (Fsp3) is 0.211. The highest BCUT2D eigenvalue weighted by molar-refractivity contribution is 5.98. The Bertz CT molecular complexity index is 788. The van der Waals surface area contributed by atoms with Crippen molar-refractivity contribution in [3.8, 4) is 0 Å². The number of rotatable bonds is 7. The zero-order chi connectivity index (χ0) is 18.9. The summed E-state index contributed by atoms with van der Waals surface area (Å²) in [6.45, 7) is 2.44. The molecule has 0 saturated heterocycles. The molecule has 0 heterocycles. The van der Waals surface area contributed by atoms with Crippen LogP contribution in [0, 0.1) is 0 Å². The lowest BCUT2D eigenvalue weighted by Crippen LogP contribution is -2.24. The summed E-state index contributed by atoms with van der Waals surface area (Å²) in [5, 5.41) is 11.0. The van der Waals surface area contributed by atoms with Crippen molar-refractivity contribution in [2.24, 2.45) is 0 Å². The molecule has 0 aliphatic carbocycles. The van der Waals surface area contributed by atoms with E-state index in [1.807, 2.05) is 6.92 Å². The molecule has 0 fully saturated rings. The van der Waals surface area contributed by atoms with Crippen LogP contribution in [-0.2, 0) is 4.79 Å². The van der Waals surface area contributed by atoms with E-state index in [1.165, 1.54) is 0 Å². The first kappa shape index (κ1) is 19.0. The minimum Gasteiger partial charge on any atom is -0.376 e. The van der Waals surface area contributed by atoms with Gasteiger partial charge in [-0.05, 0) is 49.4 Å². The molecule has 3 amide bonds. The first-order valence-corrected chi connectivity index (χ1v) is 8.27. The summed E-state index contributed by atoms with van der Waals surface area (Å²) < 4.78 is 0. The molecule has 0 radical (unpaired) electrons. The second-order valence-corrected chi connectivity index (χ2v) is 5.50. The molecule has 136 valence electrons. The number of carbonyl (C=O) groups excluding carboxylic acids is 3. The van der Waals surface area contributed by atoms with Gasteiger partial charge in [0.05, 0.1) is 6.54 Å². The Hall–Kier alpha value is -3.35. The molecule has 7 nitrogen and oxygen atoms in total. The summed E-state index contributed by atoms with van der Waals surface area (Å²) in [6, 6.07) is 13.6. The first-order valence-electron chi connectivity index (χ1n) is 8.27. The van der Waals surface area contributed by atoms with E-state index in [1.54, 1.807) is 55.6 Å². The molecule has 0 spiro atoms. The van der Waals surface area contributed by atoms with Gasteiger partial charge in [-0.2, -0.15) is 0 Å². The van der Waals surface area contributed by atoms with Crippen LogP contribution in [0.4, 0.5) is 11.4 Å². The number of benzene rings is 2. The van der Waals surface area contributed by atoms with Crippen LogP contribution in [0.1, 0.15) is 27.6 Å². The van der Waals surface area contributed by atoms with Crippen LogP contribution in [0.5, 0.6) is 0 Å². The van der Waals surface area contributed by atoms with Crippen molar-refractivity contribution in [3.63, 3.8) is 0 Å². The fourth-order valence-corrected chi connectivity index (χ4v) is 2.27. The molecule has 2 aromatic carbocycles. The van der Waals surface area contributed by atoms with Crippen LogP contribution in [0.15, 0.2) is 48.5 Å². The van der Waals surface area contributed by atoms with E-state index in [0.29, 0.717) is 23.4 Å². The van der Waals surface area contributed by atoms with Crippen molar-refractivity contribution in [1.82, 2.24) is 10.6 Å². The third-order valence-corrected chi connectivity index (χ3v) is 3.57. The van der Waals surface area contributed by atoms with Crippen LogP contribution in [0.2, 0.25) is 0 Å². The van der Waals surface area contributed by atoms with Crippen molar-refractivity contribution in [2.75, 3.05) is 30.8 Å². The lowest BCUT2D eigenvalue weighted by Gasteiger charge is -2.09. The summed E-state index contributed by atoms with van der Waals surface area (Å²) in [7, 11) is 1.57. The van der Waals surface area contributed by atoms with Gasteiger partial charge in [0.25, 0.3) is 11.8 Å². The molecule has 2 rings (SSSR count). The summed E-state index contributed by atoms with van der Waals surface area (Å²) in [6.07, 6.45) is 0. The number of amides is 3. The van der Waals surface area contributed by atoms with E-state index < -0.39 is 0 Å². The normalized spacial score (nSPS) is 9.92. The van der Waals surface area contributed by atoms with Gasteiger partial charge in [0.1, 0.15) is 0 Å². The van der Waals surface area contributed by atoms with Crippen LogP contribution in [0.3, 0.4) is 0 Å². The van der Waals surface area contributed by atoms with Gasteiger partial charge >= 0.3 is 0 Å². The van der Waals surface area contributed by atoms with Crippen LogP contribution < -0.4 is 21.3 Å². The lowest BCUT2D eigenvalue weighted by molar-refractivity contribution is -0.114. The first-order chi connectivity index (χ1) is 12.5. The minimum atomic E-state index is -0.242. The van der Waals surface area contributed by atoms with E-state index in [9.17, 15) is 14.4 Å². The zero-order valence-corrected chi connectivity index (χ0v) is 14.8. The van der Waals surface area contributed by atoms with Gasteiger partial charge in [0.15, 0.2) is 0 Å². The maximum absolute atomic E-state index is 12.1. The lowest BCUT2D eigenvalue weighted by atomic mass is 10.2. The summed E-state index contributed by atoms with van der Waals surface area (Å²) >= 11 is 0. The Morgan fingerprint density at radius 1 is 0.885 bits per heavy atom. The smallest absolute Gasteiger partial charge is 0.251 e. The topological polar surface area (TPSA) is 99.3 Å². The van der Waals surface area contributed by atoms with Crippen LogP contribution >= 0.6 is 0 Å². The van der Waals surface area contributed by atoms with E-state index in [2.05, 4.69) is 21.3 Å². The summed E-state index contributed by atoms with van der Waals surface area (Å²) in [4.78, 5) is 35.4. The van der Waals surface area contributed by atoms with Crippen LogP contribution in [-0.4, -0.2) is 37.9 Å². The largest absolute Gasteiger partial charge is 0.376 e. The van der Waals surface area contributed by atoms with E-state index in [-0.39, 0.29) is 24.3 Å². The quantitative estimate of drug-likeness (QED) is 0.610. The predicted octanol–water partition coefficient (Wildman–Crippen LogP) is 1.85. The molecule has 2 aromatic rings. The third-order valence-electron chi connectivity index (χ3n) is 3.57. The fourth-order valence-electron chi connectivity index (χ4n) is 2.27. The molecule has 26 heavy (non-hydrogen) atoms. The molecule has 0 unspecified atom stereocenters. The van der Waals surface area contributed by atoms with Crippen molar-refractivity contribution in [3.05, 3.63) is 59.7 Å². The average molecular weight is 354 g/mol. The molecule has 0 aromatic heterocycles. The van der Waals surface area contributed by atoms with Gasteiger partial charge in [-0.3, -0.25) is 14.4 Å². The van der Waals surface area contributed by atoms with Crippen molar-refractivity contribution in [2.45, 2.75) is 6.92 Å². The second-order valence-electron chi connectivity index (χ2n) is 5.50. The Morgan fingerprint density at radius 3 is 2.27 bits per heavy atom. The number of carbonyl (C=O) groups is 3. The van der Waals surface area contributed by atoms with Gasteiger partial charge < -0.3 is 21.3 Å². The SMILES string of the molecule is CCNC(=O)c1cccc(NC(=O)CNc2ccc(C(=O)NC)cc2)c1. The highest BCUT2D eigenvalue weighted by Crippen LogP contribution is 2.12. The molecule has 7 heteroatoms. The highest BCUT2D eigenvalue weighted by Gasteiger charge is 2.07. The zero-order valence-electron chi connectivity index (χ0n) is 14.8. The van der Waals surface area contributed by atoms with Crippen molar-refractivity contribution >= 4 is 29.1 Å². The number of anilines is 2. The van der Waals surface area contributed by atoms with Gasteiger partial charge in [-0.25, -0.2) is 0 Å². The summed E-state index contributed by atoms with van der Waals surface area (Å²) in [5.74, 6) is -0.590. The predicted molar refractivity (Wildman–Crippen MR) is 101 cm³/mol. The number of hydrogen-bond donors (Lipinski definition) is 4. The Balaban J connectivity index is 1.90. The van der Waals surface area contributed by atoms with Crippen molar-refractivity contribution < 1.29 is 14.4 Å². The summed E-state index contributed by atoms with van der Waals surface area (Å²) in [5.41, 5.74) is 2.31. The maximum Gasteiger partial charge on any atom is 0.251 e. The highest BCUT2D eigenvalue weighted by atomic mass is 16.2. The molecule has 0 bridgehead atoms. The number of hydrogen-bond acceptors (Lipinski definition) is 4. The van der Waals surface area contributed by atoms with Gasteiger partial charge in [-0.1, -0.05) is 6.07 Å². The van der Waals surface area contributed by atoms with E-state index >= 15 is 0 Å². The average Bonchev–Trinajstić information content (AvgIpc) is 2.66. The van der Waals surface area contributed by atoms with Gasteiger partial charge in [-0.15, -0.1) is 0 Å². The second kappa shape index (κ2) is 9.22. The molecular weight excluding hydrogens is 332 g/mol. The number of nitrogens with one attached hydrogen (secondary N) is 4. The molecule has 0 saturated carbocycles. The van der Waals surface area contributed by atoms with Gasteiger partial charge in [0.2, 0.25) is 5.91 Å². The van der Waals surface area contributed by atoms with E-state index in [4.69, 9.17) is 0 Å². The molecule has 4 N–H and O–H groups in total. The van der Waals surface area contributed by atoms with Gasteiger partial charge in [0, 0.05) is 36.1 Å². The monoisotopic (exact) mass is 354 g/mol. The molecule has 0 aliphatic heterocycles. The minimum absolute atomic E-state index is 0.0602. The molecule has 0 atom stereocenters. The maximum atomic E-state index is 12.1. The van der Waals surface area contributed by atoms with E-state index in [0.717, 1.165) is 5.69 Å². The molecule has 0 aliphatic rings. The Morgan fingerprint density at radius 2 is 1.62 bits per heavy atom. The third kappa shape index (κ3) is 5.34. The Kier molecular flexibility index (Phi) is 6.73. The Labute approximate surface area is 152 Å².